The van der Waals surface area contributed by atoms with Crippen LogP contribution in [-0.4, -0.2) is 34.7 Å². The first-order chi connectivity index (χ1) is 10.6. The van der Waals surface area contributed by atoms with Crippen LogP contribution in [0.5, 0.6) is 0 Å². The number of hydrogen-bond acceptors (Lipinski definition) is 5. The number of hydrogen-bond donors (Lipinski definition) is 1. The number of aromatic amines is 1. The lowest BCUT2D eigenvalue weighted by Gasteiger charge is -2.21. The molecule has 2 N–H and O–H groups in total. The topological polar surface area (TPSA) is 72.8 Å². The Hall–Kier alpha value is -1.48. The third-order valence-electron chi connectivity index (χ3n) is 3.48. The second kappa shape index (κ2) is 6.74. The number of aromatic nitrogens is 1. The first-order valence-corrected chi connectivity index (χ1v) is 9.43. The predicted octanol–water partition coefficient (Wildman–Crippen LogP) is 0.877. The maximum Gasteiger partial charge on any atom is 0.274 e. The van der Waals surface area contributed by atoms with Gasteiger partial charge in [0.25, 0.3) is 5.82 Å². The zero-order chi connectivity index (χ0) is 15.4. The Balaban J connectivity index is 1.68. The lowest BCUT2D eigenvalue weighted by atomic mass is 10.4. The summed E-state index contributed by atoms with van der Waals surface area (Å²) >= 11 is 1.55. The van der Waals surface area contributed by atoms with Crippen LogP contribution < -0.4 is 14.6 Å². The van der Waals surface area contributed by atoms with E-state index in [1.165, 1.54) is 6.20 Å². The Bertz CT molecular complexity index is 693. The summed E-state index contributed by atoms with van der Waals surface area (Å²) in [7, 11) is -3.50. The van der Waals surface area contributed by atoms with E-state index in [0.29, 0.717) is 19.8 Å². The van der Waals surface area contributed by atoms with Gasteiger partial charge >= 0.3 is 0 Å². The van der Waals surface area contributed by atoms with Crippen molar-refractivity contribution in [2.24, 2.45) is 0 Å². The normalized spacial score (nSPS) is 15.9. The Kier molecular flexibility index (Phi) is 4.72. The lowest BCUT2D eigenvalue weighted by molar-refractivity contribution is -0.367. The largest absolute Gasteiger partial charge is 0.373 e. The Morgan fingerprint density at radius 2 is 2.09 bits per heavy atom. The Morgan fingerprint density at radius 1 is 1.27 bits per heavy atom. The summed E-state index contributed by atoms with van der Waals surface area (Å²) < 4.78 is 32.4. The first kappa shape index (κ1) is 15.4. The summed E-state index contributed by atoms with van der Waals surface area (Å²) in [6.45, 7) is 3.29. The third kappa shape index (κ3) is 3.64. The molecule has 3 rings (SSSR count). The number of anilines is 1. The molecule has 1 saturated heterocycles. The molecule has 0 atom stereocenters. The van der Waals surface area contributed by atoms with Gasteiger partial charge in [0.1, 0.15) is 24.2 Å². The monoisotopic (exact) mass is 340 g/mol. The van der Waals surface area contributed by atoms with Gasteiger partial charge in [0.05, 0.1) is 13.2 Å². The highest BCUT2D eigenvalue weighted by atomic mass is 32.2. The minimum atomic E-state index is -3.50. The molecule has 8 heteroatoms. The third-order valence-corrected chi connectivity index (χ3v) is 5.61. The van der Waals surface area contributed by atoms with Crippen LogP contribution in [0.1, 0.15) is 5.56 Å². The fourth-order valence-electron chi connectivity index (χ4n) is 2.23. The average Bonchev–Trinajstić information content (AvgIpc) is 3.08. The van der Waals surface area contributed by atoms with E-state index < -0.39 is 10.0 Å². The van der Waals surface area contributed by atoms with Crippen molar-refractivity contribution in [1.82, 2.24) is 4.72 Å². The molecule has 0 unspecified atom stereocenters. The number of rotatable bonds is 5. The van der Waals surface area contributed by atoms with E-state index in [4.69, 9.17) is 4.74 Å². The SMILES string of the molecule is O=S(=O)(NCc1ccsc1)c1ccc(N2CCOCC2)[nH+]c1. The number of nitrogens with zero attached hydrogens (tertiary/aromatic N) is 1. The summed E-state index contributed by atoms with van der Waals surface area (Å²) in [4.78, 5) is 5.43. The summed E-state index contributed by atoms with van der Waals surface area (Å²) in [6.07, 6.45) is 1.53. The molecule has 6 nitrogen and oxygen atoms in total. The molecule has 0 bridgehead atoms. The summed E-state index contributed by atoms with van der Waals surface area (Å²) in [5, 5.41) is 3.85. The van der Waals surface area contributed by atoms with Crippen molar-refractivity contribution in [2.75, 3.05) is 31.2 Å². The molecular weight excluding hydrogens is 322 g/mol. The van der Waals surface area contributed by atoms with Gasteiger partial charge in [0.15, 0.2) is 0 Å². The molecule has 0 saturated carbocycles. The van der Waals surface area contributed by atoms with Gasteiger partial charge in [-0.2, -0.15) is 11.3 Å². The van der Waals surface area contributed by atoms with Crippen LogP contribution >= 0.6 is 11.3 Å². The lowest BCUT2D eigenvalue weighted by Crippen LogP contribution is -2.39. The molecule has 2 aromatic rings. The highest BCUT2D eigenvalue weighted by Gasteiger charge is 2.21. The number of morpholine rings is 1. The predicted molar refractivity (Wildman–Crippen MR) is 84.4 cm³/mol. The molecule has 1 aliphatic heterocycles. The fourth-order valence-corrected chi connectivity index (χ4v) is 3.88. The van der Waals surface area contributed by atoms with Crippen molar-refractivity contribution < 1.29 is 18.1 Å². The van der Waals surface area contributed by atoms with Crippen LogP contribution in [0.15, 0.2) is 40.1 Å². The van der Waals surface area contributed by atoms with Gasteiger partial charge in [-0.15, -0.1) is 0 Å². The summed E-state index contributed by atoms with van der Waals surface area (Å²) in [5.41, 5.74) is 0.961. The zero-order valence-electron chi connectivity index (χ0n) is 12.0. The Labute approximate surface area is 133 Å². The van der Waals surface area contributed by atoms with Crippen LogP contribution in [-0.2, 0) is 21.3 Å². The van der Waals surface area contributed by atoms with Crippen LogP contribution in [0.3, 0.4) is 0 Å². The maximum absolute atomic E-state index is 12.3. The van der Waals surface area contributed by atoms with Crippen molar-refractivity contribution in [3.05, 3.63) is 40.7 Å². The summed E-state index contributed by atoms with van der Waals surface area (Å²) in [6, 6.07) is 5.32. The zero-order valence-corrected chi connectivity index (χ0v) is 13.6. The van der Waals surface area contributed by atoms with E-state index in [-0.39, 0.29) is 4.90 Å². The van der Waals surface area contributed by atoms with E-state index in [9.17, 15) is 8.42 Å². The number of ether oxygens (including phenoxy) is 1. The quantitative estimate of drug-likeness (QED) is 0.877. The van der Waals surface area contributed by atoms with Crippen LogP contribution in [0.25, 0.3) is 0 Å². The second-order valence-electron chi connectivity index (χ2n) is 4.97. The highest BCUT2D eigenvalue weighted by molar-refractivity contribution is 7.89. The van der Waals surface area contributed by atoms with E-state index in [2.05, 4.69) is 14.6 Å². The molecule has 0 aliphatic carbocycles. The van der Waals surface area contributed by atoms with Crippen LogP contribution in [0.4, 0.5) is 5.82 Å². The fraction of sp³-hybridized carbons (Fsp3) is 0.357. The molecule has 0 aromatic carbocycles. The highest BCUT2D eigenvalue weighted by Crippen LogP contribution is 2.13. The van der Waals surface area contributed by atoms with E-state index >= 15 is 0 Å². The molecule has 1 fully saturated rings. The van der Waals surface area contributed by atoms with E-state index in [1.54, 1.807) is 23.5 Å². The minimum absolute atomic E-state index is 0.236. The van der Waals surface area contributed by atoms with Gasteiger partial charge in [0.2, 0.25) is 10.0 Å². The molecule has 0 amide bonds. The van der Waals surface area contributed by atoms with Gasteiger partial charge < -0.3 is 4.74 Å². The maximum atomic E-state index is 12.3. The average molecular weight is 340 g/mol. The molecule has 0 radical (unpaired) electrons. The smallest absolute Gasteiger partial charge is 0.274 e. The van der Waals surface area contributed by atoms with E-state index in [0.717, 1.165) is 24.5 Å². The van der Waals surface area contributed by atoms with Gasteiger partial charge in [-0.25, -0.2) is 18.1 Å². The molecule has 2 aromatic heterocycles. The van der Waals surface area contributed by atoms with Gasteiger partial charge in [-0.1, -0.05) is 0 Å². The van der Waals surface area contributed by atoms with Crippen LogP contribution in [0, 0.1) is 0 Å². The van der Waals surface area contributed by atoms with Gasteiger partial charge in [-0.05, 0) is 28.5 Å². The minimum Gasteiger partial charge on any atom is -0.373 e. The number of thiophene rings is 1. The molecule has 118 valence electrons. The van der Waals surface area contributed by atoms with Crippen molar-refractivity contribution in [3.63, 3.8) is 0 Å². The second-order valence-corrected chi connectivity index (χ2v) is 7.51. The number of nitrogens with one attached hydrogen (secondary N) is 2. The number of H-pyrrole nitrogens is 1. The molecule has 1 aliphatic rings. The van der Waals surface area contributed by atoms with Crippen molar-refractivity contribution in [2.45, 2.75) is 11.4 Å². The van der Waals surface area contributed by atoms with Crippen LogP contribution in [0.2, 0.25) is 0 Å². The van der Waals surface area contributed by atoms with Crippen molar-refractivity contribution >= 4 is 27.2 Å². The molecule has 3 heterocycles. The standard InChI is InChI=1S/C14H17N3O3S2/c18-22(19,16-9-12-3-8-21-11-12)13-1-2-14(15-10-13)17-4-6-20-7-5-17/h1-3,8,10-11,16H,4-7,9H2/p+1. The first-order valence-electron chi connectivity index (χ1n) is 7.00. The number of sulfonamides is 1. The van der Waals surface area contributed by atoms with Crippen molar-refractivity contribution in [3.8, 4) is 0 Å². The van der Waals surface area contributed by atoms with Gasteiger partial charge in [-0.3, -0.25) is 4.90 Å². The van der Waals surface area contributed by atoms with Gasteiger partial charge in [0, 0.05) is 12.6 Å². The molecular formula is C14H18N3O3S2+. The Morgan fingerprint density at radius 3 is 2.73 bits per heavy atom. The van der Waals surface area contributed by atoms with E-state index in [1.807, 2.05) is 16.8 Å². The van der Waals surface area contributed by atoms with Crippen molar-refractivity contribution in [1.29, 1.82) is 0 Å². The number of pyridine rings is 1. The molecule has 22 heavy (non-hydrogen) atoms. The summed E-state index contributed by atoms with van der Waals surface area (Å²) in [5.74, 6) is 0.903. The molecule has 0 spiro atoms.